The Hall–Kier alpha value is -1.89. The van der Waals surface area contributed by atoms with Crippen LogP contribution in [0.1, 0.15) is 22.9 Å². The zero-order valence-corrected chi connectivity index (χ0v) is 13.2. The Morgan fingerprint density at radius 3 is 3.14 bits per heavy atom. The molecule has 0 aliphatic carbocycles. The number of aliphatic imine (C=N–C) groups is 1. The molecule has 0 saturated carbocycles. The number of nitrogens with zero attached hydrogens (tertiary/aromatic N) is 5. The van der Waals surface area contributed by atoms with Crippen molar-refractivity contribution in [2.24, 2.45) is 12.0 Å². The van der Waals surface area contributed by atoms with Gasteiger partial charge in [-0.05, 0) is 12.0 Å². The van der Waals surface area contributed by atoms with E-state index in [1.807, 2.05) is 36.6 Å². The maximum atomic E-state index is 4.39. The van der Waals surface area contributed by atoms with Gasteiger partial charge >= 0.3 is 0 Å². The van der Waals surface area contributed by atoms with E-state index < -0.39 is 0 Å². The maximum Gasteiger partial charge on any atom is 0.194 e. The first-order valence-corrected chi connectivity index (χ1v) is 7.96. The van der Waals surface area contributed by atoms with E-state index >= 15 is 0 Å². The Morgan fingerprint density at radius 2 is 2.48 bits per heavy atom. The summed E-state index contributed by atoms with van der Waals surface area (Å²) in [6.45, 7) is 2.75. The van der Waals surface area contributed by atoms with Crippen LogP contribution in [0.25, 0.3) is 0 Å². The van der Waals surface area contributed by atoms with E-state index in [9.17, 15) is 0 Å². The first-order chi connectivity index (χ1) is 10.3. The molecule has 6 nitrogen and oxygen atoms in total. The molecule has 112 valence electrons. The second kappa shape index (κ2) is 6.26. The standard InChI is InChI=1S/C14H20N6S/c1-15-14(17-8-13-16-4-6-21-13)20-5-3-11(10-20)12-7-18-19(2)9-12/h4,6-7,9,11H,3,5,8,10H2,1-2H3,(H,15,17). The minimum Gasteiger partial charge on any atom is -0.350 e. The molecule has 1 atom stereocenters. The van der Waals surface area contributed by atoms with Crippen LogP contribution in [0.15, 0.2) is 29.0 Å². The van der Waals surface area contributed by atoms with Gasteiger partial charge in [0, 0.05) is 50.9 Å². The molecule has 1 N–H and O–H groups in total. The van der Waals surface area contributed by atoms with Crippen molar-refractivity contribution in [1.29, 1.82) is 0 Å². The molecule has 0 aromatic carbocycles. The predicted molar refractivity (Wildman–Crippen MR) is 84.5 cm³/mol. The van der Waals surface area contributed by atoms with Gasteiger partial charge in [-0.3, -0.25) is 9.67 Å². The molecule has 1 unspecified atom stereocenters. The average Bonchev–Trinajstić information content (AvgIpc) is 3.19. The molecular weight excluding hydrogens is 284 g/mol. The maximum absolute atomic E-state index is 4.39. The van der Waals surface area contributed by atoms with E-state index in [0.29, 0.717) is 5.92 Å². The van der Waals surface area contributed by atoms with Crippen molar-refractivity contribution in [3.05, 3.63) is 34.5 Å². The molecule has 0 amide bonds. The molecule has 3 heterocycles. The number of aromatic nitrogens is 3. The highest BCUT2D eigenvalue weighted by Gasteiger charge is 2.26. The highest BCUT2D eigenvalue weighted by molar-refractivity contribution is 7.09. The monoisotopic (exact) mass is 304 g/mol. The van der Waals surface area contributed by atoms with Gasteiger partial charge in [0.25, 0.3) is 0 Å². The van der Waals surface area contributed by atoms with Crippen molar-refractivity contribution in [3.8, 4) is 0 Å². The third kappa shape index (κ3) is 3.24. The van der Waals surface area contributed by atoms with Crippen molar-refractivity contribution >= 4 is 17.3 Å². The summed E-state index contributed by atoms with van der Waals surface area (Å²) in [7, 11) is 3.80. The van der Waals surface area contributed by atoms with Gasteiger partial charge in [-0.1, -0.05) is 0 Å². The fourth-order valence-corrected chi connectivity index (χ4v) is 3.26. The van der Waals surface area contributed by atoms with Crippen LogP contribution in [-0.2, 0) is 13.6 Å². The van der Waals surface area contributed by atoms with Gasteiger partial charge in [-0.15, -0.1) is 11.3 Å². The second-order valence-electron chi connectivity index (χ2n) is 5.21. The van der Waals surface area contributed by atoms with Gasteiger partial charge in [0.1, 0.15) is 5.01 Å². The lowest BCUT2D eigenvalue weighted by atomic mass is 10.0. The van der Waals surface area contributed by atoms with Crippen LogP contribution in [0.4, 0.5) is 0 Å². The van der Waals surface area contributed by atoms with E-state index in [4.69, 9.17) is 0 Å². The fourth-order valence-electron chi connectivity index (χ4n) is 2.70. The minimum absolute atomic E-state index is 0.539. The lowest BCUT2D eigenvalue weighted by molar-refractivity contribution is 0.485. The Balaban J connectivity index is 1.58. The van der Waals surface area contributed by atoms with Crippen LogP contribution in [-0.4, -0.2) is 45.8 Å². The molecule has 0 spiro atoms. The van der Waals surface area contributed by atoms with Crippen molar-refractivity contribution < 1.29 is 0 Å². The summed E-state index contributed by atoms with van der Waals surface area (Å²) in [5.41, 5.74) is 1.32. The predicted octanol–water partition coefficient (Wildman–Crippen LogP) is 1.44. The molecule has 2 aromatic rings. The van der Waals surface area contributed by atoms with E-state index in [1.54, 1.807) is 11.3 Å². The average molecular weight is 304 g/mol. The van der Waals surface area contributed by atoms with E-state index in [2.05, 4.69) is 31.5 Å². The van der Waals surface area contributed by atoms with Gasteiger partial charge in [-0.2, -0.15) is 5.10 Å². The van der Waals surface area contributed by atoms with Gasteiger partial charge in [0.15, 0.2) is 5.96 Å². The summed E-state index contributed by atoms with van der Waals surface area (Å²) in [5, 5.41) is 10.7. The van der Waals surface area contributed by atoms with Crippen molar-refractivity contribution in [2.75, 3.05) is 20.1 Å². The number of aryl methyl sites for hydroxylation is 1. The quantitative estimate of drug-likeness (QED) is 0.688. The molecule has 7 heteroatoms. The van der Waals surface area contributed by atoms with Crippen LogP contribution in [0.3, 0.4) is 0 Å². The number of nitrogens with one attached hydrogen (secondary N) is 1. The van der Waals surface area contributed by atoms with Gasteiger partial charge < -0.3 is 10.2 Å². The van der Waals surface area contributed by atoms with Crippen LogP contribution in [0.5, 0.6) is 0 Å². The summed E-state index contributed by atoms with van der Waals surface area (Å²) in [6.07, 6.45) is 7.06. The summed E-state index contributed by atoms with van der Waals surface area (Å²) >= 11 is 1.66. The summed E-state index contributed by atoms with van der Waals surface area (Å²) in [4.78, 5) is 11.0. The Labute approximate surface area is 128 Å². The number of rotatable bonds is 3. The molecule has 1 saturated heterocycles. The molecule has 0 bridgehead atoms. The molecule has 21 heavy (non-hydrogen) atoms. The summed E-state index contributed by atoms with van der Waals surface area (Å²) < 4.78 is 1.87. The lowest BCUT2D eigenvalue weighted by Crippen LogP contribution is -2.39. The van der Waals surface area contributed by atoms with E-state index in [-0.39, 0.29) is 0 Å². The number of hydrogen-bond acceptors (Lipinski definition) is 4. The number of guanidine groups is 1. The zero-order valence-electron chi connectivity index (χ0n) is 12.4. The van der Waals surface area contributed by atoms with Crippen molar-refractivity contribution in [1.82, 2.24) is 25.0 Å². The molecule has 1 fully saturated rings. The molecule has 1 aliphatic heterocycles. The largest absolute Gasteiger partial charge is 0.350 e. The van der Waals surface area contributed by atoms with Crippen molar-refractivity contribution in [2.45, 2.75) is 18.9 Å². The highest BCUT2D eigenvalue weighted by atomic mass is 32.1. The third-order valence-corrected chi connectivity index (χ3v) is 4.56. The van der Waals surface area contributed by atoms with Gasteiger partial charge in [0.2, 0.25) is 0 Å². The summed E-state index contributed by atoms with van der Waals surface area (Å²) in [6, 6.07) is 0. The lowest BCUT2D eigenvalue weighted by Gasteiger charge is -2.21. The normalized spacial score (nSPS) is 19.2. The van der Waals surface area contributed by atoms with Crippen LogP contribution >= 0.6 is 11.3 Å². The fraction of sp³-hybridized carbons (Fsp3) is 0.500. The number of thiazole rings is 1. The second-order valence-corrected chi connectivity index (χ2v) is 6.18. The molecule has 1 aliphatic rings. The van der Waals surface area contributed by atoms with E-state index in [1.165, 1.54) is 5.56 Å². The van der Waals surface area contributed by atoms with Crippen LogP contribution < -0.4 is 5.32 Å². The van der Waals surface area contributed by atoms with Gasteiger partial charge in [-0.25, -0.2) is 4.98 Å². The molecule has 3 rings (SSSR count). The molecular formula is C14H20N6S. The van der Waals surface area contributed by atoms with Gasteiger partial charge in [0.05, 0.1) is 12.7 Å². The SMILES string of the molecule is CN=C(NCc1nccs1)N1CCC(c2cnn(C)c2)C1. The van der Waals surface area contributed by atoms with Crippen LogP contribution in [0, 0.1) is 0 Å². The minimum atomic E-state index is 0.539. The Kier molecular flexibility index (Phi) is 4.19. The topological polar surface area (TPSA) is 58.3 Å². The molecule has 2 aromatic heterocycles. The Bertz CT molecular complexity index is 603. The zero-order chi connectivity index (χ0) is 14.7. The number of likely N-dealkylation sites (tertiary alicyclic amines) is 1. The van der Waals surface area contributed by atoms with Crippen molar-refractivity contribution in [3.63, 3.8) is 0 Å². The molecule has 0 radical (unpaired) electrons. The Morgan fingerprint density at radius 1 is 1.57 bits per heavy atom. The smallest absolute Gasteiger partial charge is 0.194 e. The first-order valence-electron chi connectivity index (χ1n) is 7.09. The summed E-state index contributed by atoms with van der Waals surface area (Å²) in [5.74, 6) is 1.49. The van der Waals surface area contributed by atoms with Crippen LogP contribution in [0.2, 0.25) is 0 Å². The first kappa shape index (κ1) is 14.1. The number of hydrogen-bond donors (Lipinski definition) is 1. The third-order valence-electron chi connectivity index (χ3n) is 3.78. The van der Waals surface area contributed by atoms with E-state index in [0.717, 1.165) is 37.0 Å². The highest BCUT2D eigenvalue weighted by Crippen LogP contribution is 2.26.